The number of anilines is 2. The highest BCUT2D eigenvalue weighted by atomic mass is 32.1. The minimum Gasteiger partial charge on any atom is -0.366 e. The van der Waals surface area contributed by atoms with Crippen molar-refractivity contribution < 1.29 is 4.39 Å². The lowest BCUT2D eigenvalue weighted by atomic mass is 10.2. The third-order valence-electron chi connectivity index (χ3n) is 4.42. The molecule has 1 N–H and O–H groups in total. The van der Waals surface area contributed by atoms with Gasteiger partial charge < -0.3 is 15.1 Å². The normalized spacial score (nSPS) is 14.3. The first-order valence-corrected chi connectivity index (χ1v) is 9.87. The van der Waals surface area contributed by atoms with Gasteiger partial charge in [-0.3, -0.25) is 0 Å². The molecular formula is C19H18FN5S2. The number of nitrogens with one attached hydrogen (secondary N) is 1. The van der Waals surface area contributed by atoms with Gasteiger partial charge >= 0.3 is 0 Å². The Morgan fingerprint density at radius 3 is 2.41 bits per heavy atom. The maximum atomic E-state index is 14.0. The van der Waals surface area contributed by atoms with Gasteiger partial charge in [-0.15, -0.1) is 10.2 Å². The monoisotopic (exact) mass is 399 g/mol. The summed E-state index contributed by atoms with van der Waals surface area (Å²) in [5.74, 6) is -0.186. The second kappa shape index (κ2) is 7.98. The second-order valence-electron chi connectivity index (χ2n) is 6.13. The van der Waals surface area contributed by atoms with Crippen molar-refractivity contribution in [3.8, 4) is 10.6 Å². The van der Waals surface area contributed by atoms with E-state index in [1.54, 1.807) is 6.07 Å². The zero-order chi connectivity index (χ0) is 18.6. The van der Waals surface area contributed by atoms with E-state index in [1.807, 2.05) is 47.4 Å². The molecule has 1 saturated heterocycles. The van der Waals surface area contributed by atoms with Crippen LogP contribution in [0.4, 0.5) is 15.2 Å². The Kier molecular flexibility index (Phi) is 5.26. The number of nitrogens with zero attached hydrogens (tertiary/aromatic N) is 4. The molecule has 0 saturated carbocycles. The van der Waals surface area contributed by atoms with Gasteiger partial charge in [0.15, 0.2) is 5.11 Å². The molecule has 1 aliphatic rings. The molecule has 0 amide bonds. The summed E-state index contributed by atoms with van der Waals surface area (Å²) < 4.78 is 14.0. The van der Waals surface area contributed by atoms with Crippen molar-refractivity contribution in [3.05, 3.63) is 60.4 Å². The summed E-state index contributed by atoms with van der Waals surface area (Å²) in [5, 5.41) is 13.7. The molecule has 27 heavy (non-hydrogen) atoms. The van der Waals surface area contributed by atoms with Crippen LogP contribution in [-0.2, 0) is 0 Å². The minimum absolute atomic E-state index is 0.186. The van der Waals surface area contributed by atoms with Gasteiger partial charge in [-0.25, -0.2) is 4.39 Å². The van der Waals surface area contributed by atoms with Gasteiger partial charge in [0.2, 0.25) is 5.13 Å². The predicted octanol–water partition coefficient (Wildman–Crippen LogP) is 3.86. The standard InChI is InChI=1S/C19H18FN5S2/c20-15-8-4-5-9-16(15)24-10-12-25(13-11-24)19(26)21-18-23-22-17(27-18)14-6-2-1-3-7-14/h1-9H,10-13H2,(H,21,23,26). The highest BCUT2D eigenvalue weighted by Crippen LogP contribution is 2.26. The van der Waals surface area contributed by atoms with E-state index in [-0.39, 0.29) is 5.82 Å². The average molecular weight is 400 g/mol. The van der Waals surface area contributed by atoms with Gasteiger partial charge in [0, 0.05) is 31.7 Å². The third-order valence-corrected chi connectivity index (χ3v) is 5.67. The fraction of sp³-hybridized carbons (Fsp3) is 0.211. The van der Waals surface area contributed by atoms with Gasteiger partial charge in [0.1, 0.15) is 10.8 Å². The lowest BCUT2D eigenvalue weighted by Crippen LogP contribution is -2.50. The maximum absolute atomic E-state index is 14.0. The number of hydrogen-bond acceptors (Lipinski definition) is 5. The first-order chi connectivity index (χ1) is 13.2. The summed E-state index contributed by atoms with van der Waals surface area (Å²) in [5.41, 5.74) is 1.68. The molecule has 138 valence electrons. The van der Waals surface area contributed by atoms with E-state index in [9.17, 15) is 4.39 Å². The van der Waals surface area contributed by atoms with Gasteiger partial charge in [-0.05, 0) is 24.4 Å². The molecule has 3 aromatic rings. The quantitative estimate of drug-likeness (QED) is 0.675. The summed E-state index contributed by atoms with van der Waals surface area (Å²) in [7, 11) is 0. The van der Waals surface area contributed by atoms with Crippen LogP contribution in [0.2, 0.25) is 0 Å². The van der Waals surface area contributed by atoms with Crippen LogP contribution in [0.5, 0.6) is 0 Å². The molecule has 0 atom stereocenters. The van der Waals surface area contributed by atoms with Crippen molar-refractivity contribution in [3.63, 3.8) is 0 Å². The van der Waals surface area contributed by atoms with Crippen LogP contribution in [0.3, 0.4) is 0 Å². The molecule has 0 bridgehead atoms. The fourth-order valence-corrected chi connectivity index (χ4v) is 4.09. The van der Waals surface area contributed by atoms with Gasteiger partial charge in [0.05, 0.1) is 5.69 Å². The van der Waals surface area contributed by atoms with Crippen LogP contribution in [0.15, 0.2) is 54.6 Å². The van der Waals surface area contributed by atoms with E-state index in [2.05, 4.69) is 20.4 Å². The molecule has 5 nitrogen and oxygen atoms in total. The van der Waals surface area contributed by atoms with Crippen molar-refractivity contribution in [2.75, 3.05) is 36.4 Å². The molecule has 0 spiro atoms. The van der Waals surface area contributed by atoms with Crippen molar-refractivity contribution in [2.24, 2.45) is 0 Å². The van der Waals surface area contributed by atoms with Crippen LogP contribution >= 0.6 is 23.6 Å². The van der Waals surface area contributed by atoms with E-state index in [0.29, 0.717) is 29.0 Å². The molecule has 0 radical (unpaired) electrons. The number of halogens is 1. The molecule has 0 unspecified atom stereocenters. The number of rotatable bonds is 3. The minimum atomic E-state index is -0.186. The number of piperazine rings is 1. The van der Waals surface area contributed by atoms with Crippen molar-refractivity contribution in [1.82, 2.24) is 15.1 Å². The predicted molar refractivity (Wildman–Crippen MR) is 112 cm³/mol. The van der Waals surface area contributed by atoms with Crippen LogP contribution in [-0.4, -0.2) is 46.4 Å². The number of hydrogen-bond donors (Lipinski definition) is 1. The molecule has 1 aliphatic heterocycles. The van der Waals surface area contributed by atoms with Crippen LogP contribution in [0, 0.1) is 5.82 Å². The summed E-state index contributed by atoms with van der Waals surface area (Å²) in [6.07, 6.45) is 0. The topological polar surface area (TPSA) is 44.3 Å². The summed E-state index contributed by atoms with van der Waals surface area (Å²) in [4.78, 5) is 4.13. The van der Waals surface area contributed by atoms with Gasteiger partial charge in [-0.2, -0.15) is 0 Å². The maximum Gasteiger partial charge on any atom is 0.212 e. The largest absolute Gasteiger partial charge is 0.366 e. The molecular weight excluding hydrogens is 381 g/mol. The molecule has 2 heterocycles. The highest BCUT2D eigenvalue weighted by molar-refractivity contribution is 7.80. The van der Waals surface area contributed by atoms with E-state index < -0.39 is 0 Å². The van der Waals surface area contributed by atoms with Crippen molar-refractivity contribution >= 4 is 39.5 Å². The van der Waals surface area contributed by atoms with E-state index >= 15 is 0 Å². The molecule has 2 aromatic carbocycles. The van der Waals surface area contributed by atoms with E-state index in [4.69, 9.17) is 12.2 Å². The Balaban J connectivity index is 1.35. The Morgan fingerprint density at radius 2 is 1.67 bits per heavy atom. The van der Waals surface area contributed by atoms with E-state index in [0.717, 1.165) is 23.7 Å². The Labute approximate surface area is 166 Å². The van der Waals surface area contributed by atoms with Crippen molar-refractivity contribution in [2.45, 2.75) is 0 Å². The zero-order valence-corrected chi connectivity index (χ0v) is 16.1. The number of para-hydroxylation sites is 1. The Morgan fingerprint density at radius 1 is 0.963 bits per heavy atom. The zero-order valence-electron chi connectivity index (χ0n) is 14.5. The van der Waals surface area contributed by atoms with Crippen molar-refractivity contribution in [1.29, 1.82) is 0 Å². The number of aromatic nitrogens is 2. The number of thiocarbonyl (C=S) groups is 1. The summed E-state index contributed by atoms with van der Waals surface area (Å²) in [6.45, 7) is 2.89. The van der Waals surface area contributed by atoms with E-state index in [1.165, 1.54) is 17.4 Å². The molecule has 0 aliphatic carbocycles. The first kappa shape index (κ1) is 17.8. The molecule has 1 aromatic heterocycles. The Bertz CT molecular complexity index is 923. The number of benzene rings is 2. The summed E-state index contributed by atoms with van der Waals surface area (Å²) >= 11 is 6.99. The fourth-order valence-electron chi connectivity index (χ4n) is 3.00. The molecule has 8 heteroatoms. The van der Waals surface area contributed by atoms with Gasteiger partial charge in [0.25, 0.3) is 0 Å². The van der Waals surface area contributed by atoms with Gasteiger partial charge in [-0.1, -0.05) is 53.8 Å². The third kappa shape index (κ3) is 4.06. The van der Waals surface area contributed by atoms with Crippen LogP contribution in [0.1, 0.15) is 0 Å². The lowest BCUT2D eigenvalue weighted by molar-refractivity contribution is 0.388. The second-order valence-corrected chi connectivity index (χ2v) is 7.50. The molecule has 1 fully saturated rings. The lowest BCUT2D eigenvalue weighted by Gasteiger charge is -2.37. The molecule has 4 rings (SSSR count). The smallest absolute Gasteiger partial charge is 0.212 e. The summed E-state index contributed by atoms with van der Waals surface area (Å²) in [6, 6.07) is 16.8. The SMILES string of the molecule is Fc1ccccc1N1CCN(C(=S)Nc2nnc(-c3ccccc3)s2)CC1. The Hall–Kier alpha value is -2.58. The first-order valence-electron chi connectivity index (χ1n) is 8.65. The average Bonchev–Trinajstić information content (AvgIpc) is 3.18. The van der Waals surface area contributed by atoms with Crippen LogP contribution < -0.4 is 10.2 Å². The van der Waals surface area contributed by atoms with Crippen LogP contribution in [0.25, 0.3) is 10.6 Å². The highest BCUT2D eigenvalue weighted by Gasteiger charge is 2.21.